The Morgan fingerprint density at radius 1 is 1.10 bits per heavy atom. The number of benzene rings is 2. The Morgan fingerprint density at radius 2 is 1.93 bits per heavy atom. The number of nitrogens with zero attached hydrogens (tertiary/aromatic N) is 6. The standard InChI is InChI=1S/C30H35FN6O3/c1-2-28(39)35-11-13-36(14-12-35)29-25-8-10-37(27-18-23(38)17-21-5-3-4-6-24(21)27)20-26(25)32-30(33-29)40-16-15-34-9-7-22(31)19-34/h2-6,17-18,22,38H,1,7-16,19-20H2/t22-/m0/s1. The average molecular weight is 547 g/mol. The lowest BCUT2D eigenvalue weighted by atomic mass is 10.0. The van der Waals surface area contributed by atoms with Crippen LogP contribution in [-0.2, 0) is 17.8 Å². The van der Waals surface area contributed by atoms with Crippen molar-refractivity contribution in [3.63, 3.8) is 0 Å². The van der Waals surface area contributed by atoms with Gasteiger partial charge in [-0.05, 0) is 30.4 Å². The van der Waals surface area contributed by atoms with E-state index in [0.717, 1.165) is 53.0 Å². The zero-order valence-electron chi connectivity index (χ0n) is 22.6. The van der Waals surface area contributed by atoms with Crippen molar-refractivity contribution in [1.29, 1.82) is 0 Å². The van der Waals surface area contributed by atoms with Crippen LogP contribution >= 0.6 is 0 Å². The van der Waals surface area contributed by atoms with Crippen LogP contribution in [0.1, 0.15) is 17.7 Å². The first-order chi connectivity index (χ1) is 19.5. The minimum atomic E-state index is -0.766. The summed E-state index contributed by atoms with van der Waals surface area (Å²) in [5.41, 5.74) is 2.96. The molecule has 2 aromatic carbocycles. The number of carbonyl (C=O) groups excluding carboxylic acids is 1. The largest absolute Gasteiger partial charge is 0.508 e. The number of hydrogen-bond acceptors (Lipinski definition) is 8. The van der Waals surface area contributed by atoms with E-state index < -0.39 is 6.17 Å². The third kappa shape index (κ3) is 5.40. The normalized spacial score (nSPS) is 19.6. The van der Waals surface area contributed by atoms with E-state index in [9.17, 15) is 14.3 Å². The van der Waals surface area contributed by atoms with Gasteiger partial charge in [0.05, 0.1) is 12.2 Å². The topological polar surface area (TPSA) is 85.3 Å². The molecule has 3 aliphatic rings. The fourth-order valence-corrected chi connectivity index (χ4v) is 5.98. The van der Waals surface area contributed by atoms with Gasteiger partial charge in [-0.15, -0.1) is 0 Å². The third-order valence-corrected chi connectivity index (χ3v) is 8.11. The Labute approximate surface area is 233 Å². The molecule has 9 nitrogen and oxygen atoms in total. The Hall–Kier alpha value is -3.92. The molecule has 1 atom stereocenters. The first kappa shape index (κ1) is 26.3. The minimum Gasteiger partial charge on any atom is -0.508 e. The van der Waals surface area contributed by atoms with Gasteiger partial charge in [0, 0.05) is 75.1 Å². The SMILES string of the molecule is C=CC(=O)N1CCN(c2nc(OCCN3CC[C@H](F)C3)nc3c2CCN(c2cc(O)cc4ccccc24)C3)CC1. The molecule has 2 fully saturated rings. The predicted molar refractivity (Wildman–Crippen MR) is 153 cm³/mol. The fraction of sp³-hybridized carbons (Fsp3) is 0.433. The van der Waals surface area contributed by atoms with Gasteiger partial charge in [-0.1, -0.05) is 30.8 Å². The molecule has 0 aliphatic carbocycles. The maximum absolute atomic E-state index is 13.6. The maximum atomic E-state index is 13.6. The van der Waals surface area contributed by atoms with E-state index >= 15 is 0 Å². The molecule has 10 heteroatoms. The van der Waals surface area contributed by atoms with Gasteiger partial charge in [0.2, 0.25) is 5.91 Å². The van der Waals surface area contributed by atoms with Crippen molar-refractivity contribution in [2.24, 2.45) is 0 Å². The number of alkyl halides is 1. The van der Waals surface area contributed by atoms with Crippen molar-refractivity contribution in [3.05, 3.63) is 60.3 Å². The molecule has 4 heterocycles. The highest BCUT2D eigenvalue weighted by Crippen LogP contribution is 2.36. The molecule has 0 unspecified atom stereocenters. The predicted octanol–water partition coefficient (Wildman–Crippen LogP) is 3.16. The molecule has 1 amide bonds. The summed E-state index contributed by atoms with van der Waals surface area (Å²) in [4.78, 5) is 30.2. The van der Waals surface area contributed by atoms with Gasteiger partial charge in [-0.3, -0.25) is 9.69 Å². The Balaban J connectivity index is 1.27. The van der Waals surface area contributed by atoms with Crippen LogP contribution in [0.2, 0.25) is 0 Å². The van der Waals surface area contributed by atoms with Gasteiger partial charge in [-0.25, -0.2) is 4.39 Å². The number of phenolic OH excluding ortho intramolecular Hbond substituents is 1. The monoisotopic (exact) mass is 546 g/mol. The number of halogens is 1. The van der Waals surface area contributed by atoms with Gasteiger partial charge in [0.1, 0.15) is 24.3 Å². The summed E-state index contributed by atoms with van der Waals surface area (Å²) < 4.78 is 19.7. The number of carbonyl (C=O) groups is 1. The molecule has 0 saturated carbocycles. The third-order valence-electron chi connectivity index (χ3n) is 8.11. The van der Waals surface area contributed by atoms with E-state index in [0.29, 0.717) is 64.9 Å². The zero-order valence-corrected chi connectivity index (χ0v) is 22.6. The van der Waals surface area contributed by atoms with E-state index in [2.05, 4.69) is 27.3 Å². The smallest absolute Gasteiger partial charge is 0.318 e. The second-order valence-electron chi connectivity index (χ2n) is 10.7. The Morgan fingerprint density at radius 3 is 2.70 bits per heavy atom. The van der Waals surface area contributed by atoms with E-state index in [1.165, 1.54) is 6.08 Å². The van der Waals surface area contributed by atoms with Crippen molar-refractivity contribution in [2.75, 3.05) is 68.8 Å². The van der Waals surface area contributed by atoms with Crippen LogP contribution in [0.15, 0.2) is 49.1 Å². The lowest BCUT2D eigenvalue weighted by molar-refractivity contribution is -0.126. The van der Waals surface area contributed by atoms with E-state index in [1.54, 1.807) is 11.0 Å². The number of fused-ring (bicyclic) bond motifs is 2. The number of likely N-dealkylation sites (tertiary alicyclic amines) is 1. The fourth-order valence-electron chi connectivity index (χ4n) is 5.98. The number of hydrogen-bond donors (Lipinski definition) is 1. The Kier molecular flexibility index (Phi) is 7.42. The number of amides is 1. The molecular weight excluding hydrogens is 511 g/mol. The van der Waals surface area contributed by atoms with E-state index in [1.807, 2.05) is 24.3 Å². The summed E-state index contributed by atoms with van der Waals surface area (Å²) in [6.07, 6.45) is 1.91. The molecule has 1 N–H and O–H groups in total. The Bertz CT molecular complexity index is 1410. The summed E-state index contributed by atoms with van der Waals surface area (Å²) >= 11 is 0. The number of ether oxygens (including phenoxy) is 1. The van der Waals surface area contributed by atoms with Crippen LogP contribution in [0.3, 0.4) is 0 Å². The molecule has 210 valence electrons. The molecular formula is C30H35FN6O3. The second kappa shape index (κ2) is 11.3. The first-order valence-corrected chi connectivity index (χ1v) is 14.0. The van der Waals surface area contributed by atoms with Crippen molar-refractivity contribution >= 4 is 28.2 Å². The van der Waals surface area contributed by atoms with Crippen molar-refractivity contribution < 1.29 is 19.0 Å². The van der Waals surface area contributed by atoms with Gasteiger partial charge in [-0.2, -0.15) is 9.97 Å². The molecule has 3 aromatic rings. The van der Waals surface area contributed by atoms with Crippen LogP contribution < -0.4 is 14.5 Å². The number of piperazine rings is 1. The van der Waals surface area contributed by atoms with E-state index in [4.69, 9.17) is 14.7 Å². The number of phenols is 1. The van der Waals surface area contributed by atoms with Gasteiger partial charge in [0.25, 0.3) is 0 Å². The maximum Gasteiger partial charge on any atom is 0.318 e. The van der Waals surface area contributed by atoms with Gasteiger partial charge >= 0.3 is 6.01 Å². The number of rotatable bonds is 7. The zero-order chi connectivity index (χ0) is 27.6. The van der Waals surface area contributed by atoms with Crippen LogP contribution in [0.25, 0.3) is 10.8 Å². The van der Waals surface area contributed by atoms with Crippen LogP contribution in [-0.4, -0.2) is 95.9 Å². The summed E-state index contributed by atoms with van der Waals surface area (Å²) in [5, 5.41) is 12.5. The highest BCUT2D eigenvalue weighted by atomic mass is 19.1. The van der Waals surface area contributed by atoms with Gasteiger partial charge in [0.15, 0.2) is 0 Å². The highest BCUT2D eigenvalue weighted by Gasteiger charge is 2.29. The number of anilines is 2. The van der Waals surface area contributed by atoms with Crippen LogP contribution in [0.5, 0.6) is 11.8 Å². The molecule has 0 spiro atoms. The molecule has 2 saturated heterocycles. The first-order valence-electron chi connectivity index (χ1n) is 14.0. The number of aromatic hydroxyl groups is 1. The summed E-state index contributed by atoms with van der Waals surface area (Å²) in [6, 6.07) is 12.0. The summed E-state index contributed by atoms with van der Waals surface area (Å²) in [6.45, 7) is 9.63. The second-order valence-corrected chi connectivity index (χ2v) is 10.7. The van der Waals surface area contributed by atoms with Crippen molar-refractivity contribution in [1.82, 2.24) is 19.8 Å². The molecule has 0 radical (unpaired) electrons. The van der Waals surface area contributed by atoms with E-state index in [-0.39, 0.29) is 11.7 Å². The molecule has 6 rings (SSSR count). The molecule has 40 heavy (non-hydrogen) atoms. The van der Waals surface area contributed by atoms with Crippen molar-refractivity contribution in [2.45, 2.75) is 25.6 Å². The van der Waals surface area contributed by atoms with Crippen molar-refractivity contribution in [3.8, 4) is 11.8 Å². The minimum absolute atomic E-state index is 0.0557. The van der Waals surface area contributed by atoms with Crippen LogP contribution in [0.4, 0.5) is 15.9 Å². The quantitative estimate of drug-likeness (QED) is 0.453. The summed E-state index contributed by atoms with van der Waals surface area (Å²) in [5.74, 6) is 1.03. The molecule has 3 aliphatic heterocycles. The highest BCUT2D eigenvalue weighted by molar-refractivity contribution is 5.95. The number of aromatic nitrogens is 2. The molecule has 0 bridgehead atoms. The lowest BCUT2D eigenvalue weighted by Gasteiger charge is -2.38. The summed E-state index contributed by atoms with van der Waals surface area (Å²) in [7, 11) is 0. The van der Waals surface area contributed by atoms with Gasteiger partial charge < -0.3 is 24.5 Å². The molecule has 1 aromatic heterocycles. The lowest BCUT2D eigenvalue weighted by Crippen LogP contribution is -2.49. The van der Waals surface area contributed by atoms with Crippen LogP contribution in [0, 0.1) is 0 Å². The average Bonchev–Trinajstić information content (AvgIpc) is 3.40.